The van der Waals surface area contributed by atoms with Crippen molar-refractivity contribution in [2.75, 3.05) is 13.7 Å². The molecule has 0 radical (unpaired) electrons. The predicted octanol–water partition coefficient (Wildman–Crippen LogP) is 2.12. The summed E-state index contributed by atoms with van der Waals surface area (Å²) < 4.78 is 9.94. The van der Waals surface area contributed by atoms with Crippen LogP contribution in [0.25, 0.3) is 0 Å². The maximum absolute atomic E-state index is 11.7. The summed E-state index contributed by atoms with van der Waals surface area (Å²) in [6.07, 6.45) is 4.02. The number of Topliss-reactive ketones (excluding diaryl/α,β-unsaturated/α-hetero) is 1. The maximum Gasteiger partial charge on any atom is 0.305 e. The number of esters is 1. The highest BCUT2D eigenvalue weighted by Gasteiger charge is 2.31. The van der Waals surface area contributed by atoms with Crippen molar-refractivity contribution in [3.8, 4) is 0 Å². The molecule has 20 heavy (non-hydrogen) atoms. The average Bonchev–Trinajstić information content (AvgIpc) is 2.68. The van der Waals surface area contributed by atoms with Gasteiger partial charge in [0.15, 0.2) is 5.78 Å². The number of hydrogen-bond donors (Lipinski definition) is 1. The summed E-state index contributed by atoms with van der Waals surface area (Å²) in [4.78, 5) is 22.8. The number of rotatable bonds is 9. The molecule has 0 heterocycles. The van der Waals surface area contributed by atoms with E-state index in [1.165, 1.54) is 7.11 Å². The summed E-state index contributed by atoms with van der Waals surface area (Å²) in [5, 5.41) is 9.63. The van der Waals surface area contributed by atoms with Crippen LogP contribution in [0.5, 0.6) is 0 Å². The Morgan fingerprint density at radius 2 is 2.00 bits per heavy atom. The van der Waals surface area contributed by atoms with E-state index in [0.717, 1.165) is 25.7 Å². The van der Waals surface area contributed by atoms with Gasteiger partial charge < -0.3 is 14.6 Å². The summed E-state index contributed by atoms with van der Waals surface area (Å²) in [6.45, 7) is 2.23. The van der Waals surface area contributed by atoms with Gasteiger partial charge in [0.05, 0.1) is 13.7 Å². The molecule has 1 rings (SSSR count). The summed E-state index contributed by atoms with van der Waals surface area (Å²) in [7, 11) is 1.48. The van der Waals surface area contributed by atoms with E-state index in [9.17, 15) is 14.7 Å². The molecular weight excluding hydrogens is 260 g/mol. The van der Waals surface area contributed by atoms with E-state index in [2.05, 4.69) is 0 Å². The topological polar surface area (TPSA) is 72.8 Å². The Bertz CT molecular complexity index is 372. The second-order valence-electron chi connectivity index (χ2n) is 4.91. The van der Waals surface area contributed by atoms with Gasteiger partial charge in [0.25, 0.3) is 0 Å². The van der Waals surface area contributed by atoms with E-state index >= 15 is 0 Å². The van der Waals surface area contributed by atoms with Crippen LogP contribution in [0, 0.1) is 0 Å². The Labute approximate surface area is 119 Å². The van der Waals surface area contributed by atoms with Crippen LogP contribution in [0.2, 0.25) is 0 Å². The molecule has 1 unspecified atom stereocenters. The molecule has 0 saturated heterocycles. The monoisotopic (exact) mass is 284 g/mol. The number of carbonyl (C=O) groups is 2. The summed E-state index contributed by atoms with van der Waals surface area (Å²) >= 11 is 0. The van der Waals surface area contributed by atoms with E-state index in [1.54, 1.807) is 6.92 Å². The molecule has 1 atom stereocenters. The van der Waals surface area contributed by atoms with Crippen molar-refractivity contribution < 1.29 is 24.2 Å². The van der Waals surface area contributed by atoms with E-state index < -0.39 is 6.10 Å². The van der Waals surface area contributed by atoms with Crippen LogP contribution in [0.3, 0.4) is 0 Å². The Morgan fingerprint density at radius 3 is 2.65 bits per heavy atom. The van der Waals surface area contributed by atoms with E-state index in [1.807, 2.05) is 0 Å². The molecule has 1 N–H and O–H groups in total. The van der Waals surface area contributed by atoms with Crippen molar-refractivity contribution in [2.24, 2.45) is 0 Å². The molecule has 0 saturated carbocycles. The van der Waals surface area contributed by atoms with Gasteiger partial charge in [0, 0.05) is 18.4 Å². The quantitative estimate of drug-likeness (QED) is 0.518. The van der Waals surface area contributed by atoms with Crippen molar-refractivity contribution in [2.45, 2.75) is 58.0 Å². The zero-order chi connectivity index (χ0) is 15.0. The second kappa shape index (κ2) is 8.74. The number of unbranched alkanes of at least 4 members (excludes halogenated alkanes) is 3. The van der Waals surface area contributed by atoms with Gasteiger partial charge in [-0.25, -0.2) is 0 Å². The maximum atomic E-state index is 11.7. The van der Waals surface area contributed by atoms with Gasteiger partial charge in [-0.1, -0.05) is 12.8 Å². The summed E-state index contributed by atoms with van der Waals surface area (Å²) in [5.41, 5.74) is 0.630. The third-order valence-electron chi connectivity index (χ3n) is 3.40. The van der Waals surface area contributed by atoms with E-state index in [-0.39, 0.29) is 18.2 Å². The fourth-order valence-corrected chi connectivity index (χ4v) is 2.41. The Kier molecular flexibility index (Phi) is 7.30. The molecule has 1 aliphatic carbocycles. The zero-order valence-corrected chi connectivity index (χ0v) is 12.3. The normalized spacial score (nSPS) is 18.6. The van der Waals surface area contributed by atoms with Crippen LogP contribution in [0.15, 0.2) is 11.3 Å². The van der Waals surface area contributed by atoms with Crippen LogP contribution in [0.4, 0.5) is 0 Å². The molecule has 0 aromatic heterocycles. The minimum atomic E-state index is -0.772. The lowest BCUT2D eigenvalue weighted by molar-refractivity contribution is -0.143. The third-order valence-corrected chi connectivity index (χ3v) is 3.40. The number of aliphatic hydroxyl groups is 1. The van der Waals surface area contributed by atoms with Gasteiger partial charge in [-0.05, 0) is 26.2 Å². The second-order valence-corrected chi connectivity index (χ2v) is 4.91. The smallest absolute Gasteiger partial charge is 0.305 e. The largest absolute Gasteiger partial charge is 0.498 e. The van der Waals surface area contributed by atoms with E-state index in [4.69, 9.17) is 9.47 Å². The Balaban J connectivity index is 2.19. The number of methoxy groups -OCH3 is 1. The van der Waals surface area contributed by atoms with Crippen LogP contribution >= 0.6 is 0 Å². The first-order valence-corrected chi connectivity index (χ1v) is 7.24. The number of ketones is 1. The highest BCUT2D eigenvalue weighted by atomic mass is 16.5. The van der Waals surface area contributed by atoms with E-state index in [0.29, 0.717) is 30.8 Å². The van der Waals surface area contributed by atoms with Crippen LogP contribution in [-0.4, -0.2) is 36.7 Å². The molecule has 0 amide bonds. The first-order valence-electron chi connectivity index (χ1n) is 7.24. The molecule has 5 heteroatoms. The lowest BCUT2D eigenvalue weighted by Gasteiger charge is -2.07. The molecule has 0 spiro atoms. The van der Waals surface area contributed by atoms with Crippen molar-refractivity contribution >= 4 is 11.8 Å². The fourth-order valence-electron chi connectivity index (χ4n) is 2.41. The molecule has 0 bridgehead atoms. The van der Waals surface area contributed by atoms with Crippen LogP contribution in [0.1, 0.15) is 51.9 Å². The van der Waals surface area contributed by atoms with Gasteiger partial charge in [0.2, 0.25) is 0 Å². The minimum Gasteiger partial charge on any atom is -0.498 e. The first kappa shape index (κ1) is 16.7. The fraction of sp³-hybridized carbons (Fsp3) is 0.733. The summed E-state index contributed by atoms with van der Waals surface area (Å²) in [6, 6.07) is 0. The van der Waals surface area contributed by atoms with Crippen molar-refractivity contribution in [3.05, 3.63) is 11.3 Å². The molecular formula is C15H24O5. The third kappa shape index (κ3) is 4.96. The number of ether oxygens (including phenoxy) is 2. The number of carbonyl (C=O) groups excluding carboxylic acids is 2. The number of aliphatic hydroxyl groups excluding tert-OH is 1. The highest BCUT2D eigenvalue weighted by molar-refractivity contribution is 5.99. The highest BCUT2D eigenvalue weighted by Crippen LogP contribution is 2.28. The van der Waals surface area contributed by atoms with Gasteiger partial charge in [0.1, 0.15) is 11.9 Å². The van der Waals surface area contributed by atoms with Crippen LogP contribution < -0.4 is 0 Å². The van der Waals surface area contributed by atoms with Gasteiger partial charge in [-0.3, -0.25) is 9.59 Å². The van der Waals surface area contributed by atoms with Gasteiger partial charge in [-0.2, -0.15) is 0 Å². The van der Waals surface area contributed by atoms with Crippen LogP contribution in [-0.2, 0) is 19.1 Å². The lowest BCUT2D eigenvalue weighted by Crippen LogP contribution is -2.07. The molecule has 0 fully saturated rings. The SMILES string of the molecule is CCOC(=O)CCCCCCC1=C(OC)C(O)CC1=O. The average molecular weight is 284 g/mol. The first-order chi connectivity index (χ1) is 9.60. The van der Waals surface area contributed by atoms with Crippen molar-refractivity contribution in [1.82, 2.24) is 0 Å². The Morgan fingerprint density at radius 1 is 1.30 bits per heavy atom. The molecule has 0 aliphatic heterocycles. The number of allylic oxidation sites excluding steroid dienone is 1. The summed E-state index contributed by atoms with van der Waals surface area (Å²) in [5.74, 6) is 0.272. The molecule has 114 valence electrons. The Hall–Kier alpha value is -1.36. The molecule has 1 aliphatic rings. The standard InChI is InChI=1S/C15H24O5/c1-3-20-14(18)9-7-5-4-6-8-11-12(16)10-13(17)15(11)19-2/h13,17H,3-10H2,1-2H3. The van der Waals surface area contributed by atoms with Gasteiger partial charge >= 0.3 is 5.97 Å². The minimum absolute atomic E-state index is 0.0131. The van der Waals surface area contributed by atoms with Crippen molar-refractivity contribution in [3.63, 3.8) is 0 Å². The zero-order valence-electron chi connectivity index (χ0n) is 12.3. The lowest BCUT2D eigenvalue weighted by atomic mass is 10.0. The number of hydrogen-bond acceptors (Lipinski definition) is 5. The molecule has 0 aromatic carbocycles. The molecule has 0 aromatic rings. The molecule has 5 nitrogen and oxygen atoms in total. The predicted molar refractivity (Wildman–Crippen MR) is 74.0 cm³/mol. The van der Waals surface area contributed by atoms with Gasteiger partial charge in [-0.15, -0.1) is 0 Å². The van der Waals surface area contributed by atoms with Crippen molar-refractivity contribution in [1.29, 1.82) is 0 Å².